The van der Waals surface area contributed by atoms with Crippen LogP contribution in [0, 0.1) is 5.82 Å². The van der Waals surface area contributed by atoms with Gasteiger partial charge in [-0.25, -0.2) is 9.40 Å². The van der Waals surface area contributed by atoms with Gasteiger partial charge in [0.2, 0.25) is 0 Å². The Bertz CT molecular complexity index is 1200. The molecule has 4 rings (SSSR count). The van der Waals surface area contributed by atoms with E-state index < -0.39 is 47.2 Å². The Kier molecular flexibility index (Phi) is 7.84. The van der Waals surface area contributed by atoms with Crippen molar-refractivity contribution in [1.82, 2.24) is 10.4 Å². The number of nitrogens with one attached hydrogen (secondary N) is 1. The lowest BCUT2D eigenvalue weighted by Crippen LogP contribution is -2.51. The standard InChI is InChI=1S/C26H23F7N2O3/c27-21-5-3-18(4-6-21)24(7-9-35(10-8-24)34-23(36)22-2-1-11-38-22)16-37-15-17-12-19(25(28,29)30)14-20(13-17)26(31,32)33/h1-6,11-14H,7-10,15-16H2,(H,34,36). The molecule has 3 aromatic rings. The van der Waals surface area contributed by atoms with Crippen molar-refractivity contribution in [1.29, 1.82) is 0 Å². The zero-order chi connectivity index (χ0) is 27.6. The summed E-state index contributed by atoms with van der Waals surface area (Å²) in [6.45, 7) is 0.176. The molecule has 0 radical (unpaired) electrons. The Morgan fingerprint density at radius 2 is 1.55 bits per heavy atom. The predicted molar refractivity (Wildman–Crippen MR) is 121 cm³/mol. The predicted octanol–water partition coefficient (Wildman–Crippen LogP) is 6.35. The molecule has 0 aliphatic carbocycles. The Morgan fingerprint density at radius 1 is 0.947 bits per heavy atom. The molecule has 38 heavy (non-hydrogen) atoms. The van der Waals surface area contributed by atoms with Gasteiger partial charge in [-0.3, -0.25) is 10.2 Å². The first-order chi connectivity index (χ1) is 17.9. The third kappa shape index (κ3) is 6.54. The number of piperidine rings is 1. The second-order valence-corrected chi connectivity index (χ2v) is 9.10. The summed E-state index contributed by atoms with van der Waals surface area (Å²) in [7, 11) is 0. The Morgan fingerprint density at radius 3 is 2.08 bits per heavy atom. The topological polar surface area (TPSA) is 54.7 Å². The molecule has 5 nitrogen and oxygen atoms in total. The van der Waals surface area contributed by atoms with Gasteiger partial charge in [-0.2, -0.15) is 26.3 Å². The molecule has 2 heterocycles. The molecule has 1 aliphatic rings. The number of hydrazine groups is 1. The van der Waals surface area contributed by atoms with Gasteiger partial charge in [0.25, 0.3) is 0 Å². The maximum atomic E-state index is 13.6. The molecule has 1 N–H and O–H groups in total. The minimum atomic E-state index is -4.96. The van der Waals surface area contributed by atoms with Crippen LogP contribution in [0.4, 0.5) is 30.7 Å². The van der Waals surface area contributed by atoms with Crippen LogP contribution in [-0.2, 0) is 29.1 Å². The molecule has 0 bridgehead atoms. The molecule has 1 saturated heterocycles. The third-order valence-electron chi connectivity index (χ3n) is 6.48. The average Bonchev–Trinajstić information content (AvgIpc) is 3.40. The monoisotopic (exact) mass is 544 g/mol. The molecular formula is C26H23F7N2O3. The Labute approximate surface area is 213 Å². The van der Waals surface area contributed by atoms with Gasteiger partial charge in [-0.15, -0.1) is 0 Å². The zero-order valence-electron chi connectivity index (χ0n) is 19.8. The lowest BCUT2D eigenvalue weighted by molar-refractivity contribution is -0.143. The Hall–Kier alpha value is -3.38. The molecule has 12 heteroatoms. The maximum Gasteiger partial charge on any atom is 0.416 e. The molecular weight excluding hydrogens is 521 g/mol. The summed E-state index contributed by atoms with van der Waals surface area (Å²) >= 11 is 0. The third-order valence-corrected chi connectivity index (χ3v) is 6.48. The van der Waals surface area contributed by atoms with Gasteiger partial charge in [0.05, 0.1) is 30.6 Å². The normalized spacial score (nSPS) is 16.4. The fourth-order valence-electron chi connectivity index (χ4n) is 4.44. The van der Waals surface area contributed by atoms with E-state index >= 15 is 0 Å². The van der Waals surface area contributed by atoms with Crippen molar-refractivity contribution >= 4 is 5.91 Å². The minimum absolute atomic E-state index is 0.0454. The van der Waals surface area contributed by atoms with Crippen molar-refractivity contribution in [3.63, 3.8) is 0 Å². The van der Waals surface area contributed by atoms with E-state index in [1.165, 1.54) is 24.5 Å². The van der Waals surface area contributed by atoms with E-state index in [4.69, 9.17) is 9.15 Å². The summed E-state index contributed by atoms with van der Waals surface area (Å²) in [5, 5.41) is 1.68. The smallest absolute Gasteiger partial charge is 0.416 e. The van der Waals surface area contributed by atoms with Gasteiger partial charge in [0.1, 0.15) is 5.82 Å². The molecule has 0 unspecified atom stereocenters. The summed E-state index contributed by atoms with van der Waals surface area (Å²) in [4.78, 5) is 12.3. The van der Waals surface area contributed by atoms with Crippen LogP contribution in [-0.4, -0.2) is 30.6 Å². The van der Waals surface area contributed by atoms with E-state index in [0.717, 1.165) is 0 Å². The van der Waals surface area contributed by atoms with Crippen LogP contribution >= 0.6 is 0 Å². The van der Waals surface area contributed by atoms with Crippen LogP contribution < -0.4 is 5.43 Å². The van der Waals surface area contributed by atoms with Crippen LogP contribution in [0.3, 0.4) is 0 Å². The Balaban J connectivity index is 1.49. The molecule has 1 fully saturated rings. The number of halogens is 7. The number of rotatable bonds is 7. The van der Waals surface area contributed by atoms with Crippen LogP contribution in [0.5, 0.6) is 0 Å². The SMILES string of the molecule is O=C(NN1CCC(COCc2cc(C(F)(F)F)cc(C(F)(F)F)c2)(c2ccc(F)cc2)CC1)c1ccco1. The highest BCUT2D eigenvalue weighted by atomic mass is 19.4. The van der Waals surface area contributed by atoms with Crippen LogP contribution in [0.2, 0.25) is 0 Å². The van der Waals surface area contributed by atoms with Gasteiger partial charge in [0.15, 0.2) is 5.76 Å². The summed E-state index contributed by atoms with van der Waals surface area (Å²) in [5.41, 5.74) is -0.388. The second kappa shape index (κ2) is 10.8. The highest BCUT2D eigenvalue weighted by molar-refractivity contribution is 5.90. The molecule has 0 spiro atoms. The van der Waals surface area contributed by atoms with E-state index in [1.807, 2.05) is 0 Å². The highest BCUT2D eigenvalue weighted by Crippen LogP contribution is 2.38. The lowest BCUT2D eigenvalue weighted by Gasteiger charge is -2.42. The van der Waals surface area contributed by atoms with E-state index in [0.29, 0.717) is 43.6 Å². The van der Waals surface area contributed by atoms with Gasteiger partial charge in [-0.05, 0) is 66.4 Å². The number of ether oxygens (including phenoxy) is 1. The quantitative estimate of drug-likeness (QED) is 0.352. The molecule has 204 valence electrons. The van der Waals surface area contributed by atoms with Crippen molar-refractivity contribution < 1.29 is 44.7 Å². The maximum absolute atomic E-state index is 13.6. The summed E-state index contributed by atoms with van der Waals surface area (Å²) in [6, 6.07) is 10.1. The number of carbonyl (C=O) groups excluding carboxylic acids is 1. The fraction of sp³-hybridized carbons (Fsp3) is 0.346. The van der Waals surface area contributed by atoms with Crippen molar-refractivity contribution in [3.8, 4) is 0 Å². The van der Waals surface area contributed by atoms with Gasteiger partial charge in [-0.1, -0.05) is 12.1 Å². The number of nitrogens with zero attached hydrogens (tertiary/aromatic N) is 1. The highest BCUT2D eigenvalue weighted by Gasteiger charge is 2.39. The summed E-state index contributed by atoms with van der Waals surface area (Å²) < 4.78 is 104. The van der Waals surface area contributed by atoms with Crippen LogP contribution in [0.15, 0.2) is 65.3 Å². The van der Waals surface area contributed by atoms with Crippen molar-refractivity contribution in [3.05, 3.63) is 94.7 Å². The number of amides is 1. The molecule has 0 saturated carbocycles. The molecule has 2 aromatic carbocycles. The molecule has 1 amide bonds. The summed E-state index contributed by atoms with van der Waals surface area (Å²) in [6.07, 6.45) is -7.73. The second-order valence-electron chi connectivity index (χ2n) is 9.10. The summed E-state index contributed by atoms with van der Waals surface area (Å²) in [5.74, 6) is -0.773. The first kappa shape index (κ1) is 27.6. The number of benzene rings is 2. The van der Waals surface area contributed by atoms with Crippen LogP contribution in [0.1, 0.15) is 45.7 Å². The van der Waals surface area contributed by atoms with E-state index in [1.54, 1.807) is 23.2 Å². The van der Waals surface area contributed by atoms with Gasteiger partial charge >= 0.3 is 18.3 Å². The van der Waals surface area contributed by atoms with Crippen LogP contribution in [0.25, 0.3) is 0 Å². The zero-order valence-corrected chi connectivity index (χ0v) is 19.8. The number of furan rings is 1. The fourth-order valence-corrected chi connectivity index (χ4v) is 4.44. The first-order valence-electron chi connectivity index (χ1n) is 11.6. The molecule has 0 atom stereocenters. The largest absolute Gasteiger partial charge is 0.459 e. The number of alkyl halides is 6. The number of carbonyl (C=O) groups is 1. The molecule has 1 aromatic heterocycles. The minimum Gasteiger partial charge on any atom is -0.459 e. The van der Waals surface area contributed by atoms with Crippen molar-refractivity contribution in [2.45, 2.75) is 37.2 Å². The lowest BCUT2D eigenvalue weighted by atomic mass is 9.73. The first-order valence-corrected chi connectivity index (χ1v) is 11.6. The van der Waals surface area contributed by atoms with Crippen molar-refractivity contribution in [2.24, 2.45) is 0 Å². The van der Waals surface area contributed by atoms with Gasteiger partial charge in [0, 0.05) is 18.5 Å². The van der Waals surface area contributed by atoms with E-state index in [9.17, 15) is 35.5 Å². The molecule has 1 aliphatic heterocycles. The average molecular weight is 544 g/mol. The number of hydrogen-bond donors (Lipinski definition) is 1. The number of hydrogen-bond acceptors (Lipinski definition) is 4. The van der Waals surface area contributed by atoms with Gasteiger partial charge < -0.3 is 9.15 Å². The van der Waals surface area contributed by atoms with E-state index in [-0.39, 0.29) is 24.0 Å². The van der Waals surface area contributed by atoms with E-state index in [2.05, 4.69) is 5.43 Å². The van der Waals surface area contributed by atoms with Crippen molar-refractivity contribution in [2.75, 3.05) is 19.7 Å².